The molecule has 1 aromatic carbocycles. The number of aromatic nitrogens is 3. The number of hydrogen-bond acceptors (Lipinski definition) is 5. The molecular formula is C23H26FN5O3. The highest BCUT2D eigenvalue weighted by molar-refractivity contribution is 5.99. The molecule has 0 saturated carbocycles. The minimum Gasteiger partial charge on any atom is -0.395 e. The quantitative estimate of drug-likeness (QED) is 0.649. The third kappa shape index (κ3) is 3.62. The van der Waals surface area contributed by atoms with Crippen molar-refractivity contribution in [3.8, 4) is 11.3 Å². The molecule has 32 heavy (non-hydrogen) atoms. The maximum absolute atomic E-state index is 13.4. The Hall–Kier alpha value is -3.33. The van der Waals surface area contributed by atoms with E-state index in [-0.39, 0.29) is 29.9 Å². The number of rotatable bonds is 4. The van der Waals surface area contributed by atoms with E-state index in [0.29, 0.717) is 35.6 Å². The molecule has 3 heterocycles. The lowest BCUT2D eigenvalue weighted by atomic mass is 9.85. The van der Waals surface area contributed by atoms with Crippen molar-refractivity contribution in [3.05, 3.63) is 53.6 Å². The second kappa shape index (κ2) is 7.67. The van der Waals surface area contributed by atoms with Crippen molar-refractivity contribution in [2.24, 2.45) is 0 Å². The van der Waals surface area contributed by atoms with Gasteiger partial charge in [-0.15, -0.1) is 0 Å². The number of nitrogens with one attached hydrogen (secondary N) is 1. The second-order valence-electron chi connectivity index (χ2n) is 9.16. The number of fused-ring (bicyclic) bond motifs is 1. The van der Waals surface area contributed by atoms with E-state index in [1.165, 1.54) is 27.7 Å². The van der Waals surface area contributed by atoms with Crippen molar-refractivity contribution in [1.29, 1.82) is 0 Å². The Bertz CT molecular complexity index is 1200. The molecule has 4 rings (SSSR count). The summed E-state index contributed by atoms with van der Waals surface area (Å²) in [6.07, 6.45) is 1.53. The van der Waals surface area contributed by atoms with Crippen molar-refractivity contribution >= 4 is 17.5 Å². The van der Waals surface area contributed by atoms with Gasteiger partial charge in [-0.1, -0.05) is 13.8 Å². The topological polar surface area (TPSA) is 99.8 Å². The number of benzene rings is 1. The van der Waals surface area contributed by atoms with Crippen LogP contribution in [0.15, 0.2) is 36.5 Å². The first-order valence-electron chi connectivity index (χ1n) is 10.4. The molecule has 2 amide bonds. The summed E-state index contributed by atoms with van der Waals surface area (Å²) in [6, 6.07) is 7.75. The minimum atomic E-state index is -1.01. The summed E-state index contributed by atoms with van der Waals surface area (Å²) in [5, 5.41) is 17.4. The van der Waals surface area contributed by atoms with Gasteiger partial charge in [0.15, 0.2) is 5.65 Å². The van der Waals surface area contributed by atoms with Crippen LogP contribution in [0.2, 0.25) is 0 Å². The molecule has 9 heteroatoms. The van der Waals surface area contributed by atoms with Crippen molar-refractivity contribution < 1.29 is 19.1 Å². The SMILES string of the molecule is CC(C)(CO)c1cc(-c2ccc(F)cc2)nn2cc(C(=O)N3CCNC(=O)C3(C)C)nc12. The van der Waals surface area contributed by atoms with E-state index in [2.05, 4.69) is 15.4 Å². The third-order valence-corrected chi connectivity index (χ3v) is 6.01. The molecule has 2 aromatic heterocycles. The van der Waals surface area contributed by atoms with Gasteiger partial charge in [-0.05, 0) is 44.2 Å². The lowest BCUT2D eigenvalue weighted by Crippen LogP contribution is -2.63. The number of nitrogens with zero attached hydrogens (tertiary/aromatic N) is 4. The van der Waals surface area contributed by atoms with E-state index in [4.69, 9.17) is 0 Å². The van der Waals surface area contributed by atoms with E-state index in [1.54, 1.807) is 32.0 Å². The van der Waals surface area contributed by atoms with Crippen LogP contribution in [0, 0.1) is 5.82 Å². The van der Waals surface area contributed by atoms with Gasteiger partial charge in [-0.25, -0.2) is 13.9 Å². The summed E-state index contributed by atoms with van der Waals surface area (Å²) >= 11 is 0. The van der Waals surface area contributed by atoms with E-state index in [1.807, 2.05) is 13.8 Å². The summed E-state index contributed by atoms with van der Waals surface area (Å²) in [6.45, 7) is 7.72. The third-order valence-electron chi connectivity index (χ3n) is 6.01. The number of imidazole rings is 1. The lowest BCUT2D eigenvalue weighted by Gasteiger charge is -2.40. The number of amides is 2. The molecule has 3 aromatic rings. The summed E-state index contributed by atoms with van der Waals surface area (Å²) in [7, 11) is 0. The monoisotopic (exact) mass is 439 g/mol. The first kappa shape index (κ1) is 21.9. The maximum atomic E-state index is 13.4. The largest absolute Gasteiger partial charge is 0.395 e. The number of halogens is 1. The Labute approximate surface area is 185 Å². The van der Waals surface area contributed by atoms with Gasteiger partial charge in [-0.3, -0.25) is 9.59 Å². The highest BCUT2D eigenvalue weighted by Crippen LogP contribution is 2.30. The highest BCUT2D eigenvalue weighted by Gasteiger charge is 2.41. The van der Waals surface area contributed by atoms with Crippen LogP contribution < -0.4 is 5.32 Å². The zero-order valence-corrected chi connectivity index (χ0v) is 18.5. The standard InChI is InChI=1S/C23H26FN5O3/c1-22(2,13-30)16-11-17(14-5-7-15(24)8-6-14)27-29-12-18(26-19(16)29)20(31)28-10-9-25-21(32)23(28,3)4/h5-8,11-12,30H,9-10,13H2,1-4H3,(H,25,32). The Morgan fingerprint density at radius 1 is 1.28 bits per heavy atom. The van der Waals surface area contributed by atoms with Gasteiger partial charge in [-0.2, -0.15) is 5.10 Å². The molecule has 1 saturated heterocycles. The Morgan fingerprint density at radius 3 is 2.62 bits per heavy atom. The fourth-order valence-corrected chi connectivity index (χ4v) is 3.82. The zero-order valence-electron chi connectivity index (χ0n) is 18.5. The predicted molar refractivity (Wildman–Crippen MR) is 117 cm³/mol. The van der Waals surface area contributed by atoms with Crippen molar-refractivity contribution in [3.63, 3.8) is 0 Å². The first-order chi connectivity index (χ1) is 15.0. The van der Waals surface area contributed by atoms with Crippen LogP contribution in [-0.2, 0) is 10.2 Å². The molecule has 0 bridgehead atoms. The van der Waals surface area contributed by atoms with Gasteiger partial charge in [0.25, 0.3) is 5.91 Å². The molecule has 0 radical (unpaired) electrons. The van der Waals surface area contributed by atoms with Crippen LogP contribution in [0.1, 0.15) is 43.7 Å². The second-order valence-corrected chi connectivity index (χ2v) is 9.16. The fourth-order valence-electron chi connectivity index (χ4n) is 3.82. The predicted octanol–water partition coefficient (Wildman–Crippen LogP) is 2.16. The van der Waals surface area contributed by atoms with Crippen LogP contribution in [-0.4, -0.2) is 61.7 Å². The van der Waals surface area contributed by atoms with Gasteiger partial charge in [0.05, 0.1) is 18.5 Å². The molecule has 168 valence electrons. The molecule has 1 aliphatic heterocycles. The van der Waals surface area contributed by atoms with E-state index in [0.717, 1.165) is 0 Å². The average Bonchev–Trinajstić information content (AvgIpc) is 3.19. The molecule has 1 aliphatic rings. The van der Waals surface area contributed by atoms with Gasteiger partial charge in [0.2, 0.25) is 5.91 Å². The number of carbonyl (C=O) groups is 2. The van der Waals surface area contributed by atoms with E-state index < -0.39 is 11.0 Å². The minimum absolute atomic E-state index is 0.148. The Kier molecular flexibility index (Phi) is 5.24. The molecule has 8 nitrogen and oxygen atoms in total. The van der Waals surface area contributed by atoms with Crippen LogP contribution in [0.5, 0.6) is 0 Å². The van der Waals surface area contributed by atoms with Crippen LogP contribution >= 0.6 is 0 Å². The first-order valence-corrected chi connectivity index (χ1v) is 10.4. The number of piperazine rings is 1. The van der Waals surface area contributed by atoms with Crippen molar-refractivity contribution in [2.45, 2.75) is 38.6 Å². The normalized spacial score (nSPS) is 16.3. The number of aliphatic hydroxyl groups excluding tert-OH is 1. The molecule has 1 fully saturated rings. The van der Waals surface area contributed by atoms with Gasteiger partial charge in [0.1, 0.15) is 17.1 Å². The lowest BCUT2D eigenvalue weighted by molar-refractivity contribution is -0.133. The summed E-state index contributed by atoms with van der Waals surface area (Å²) in [4.78, 5) is 31.6. The van der Waals surface area contributed by atoms with Crippen LogP contribution in [0.25, 0.3) is 16.9 Å². The zero-order chi connectivity index (χ0) is 23.3. The fraction of sp³-hybridized carbons (Fsp3) is 0.391. The van der Waals surface area contributed by atoms with Gasteiger partial charge >= 0.3 is 0 Å². The van der Waals surface area contributed by atoms with Gasteiger partial charge in [0, 0.05) is 29.6 Å². The summed E-state index contributed by atoms with van der Waals surface area (Å²) < 4.78 is 14.9. The molecule has 2 N–H and O–H groups in total. The molecule has 0 spiro atoms. The molecule has 0 aliphatic carbocycles. The van der Waals surface area contributed by atoms with Crippen molar-refractivity contribution in [2.75, 3.05) is 19.7 Å². The van der Waals surface area contributed by atoms with Gasteiger partial charge < -0.3 is 15.3 Å². The highest BCUT2D eigenvalue weighted by atomic mass is 19.1. The Morgan fingerprint density at radius 2 is 1.97 bits per heavy atom. The number of aliphatic hydroxyl groups is 1. The van der Waals surface area contributed by atoms with E-state index in [9.17, 15) is 19.1 Å². The molecule has 0 atom stereocenters. The Balaban J connectivity index is 1.85. The smallest absolute Gasteiger partial charge is 0.275 e. The molecular weight excluding hydrogens is 413 g/mol. The van der Waals surface area contributed by atoms with E-state index >= 15 is 0 Å². The number of carbonyl (C=O) groups excluding carboxylic acids is 2. The summed E-state index contributed by atoms with van der Waals surface area (Å²) in [5.41, 5.74) is 0.870. The van der Waals surface area contributed by atoms with Crippen LogP contribution in [0.3, 0.4) is 0 Å². The number of hydrogen-bond donors (Lipinski definition) is 2. The average molecular weight is 439 g/mol. The van der Waals surface area contributed by atoms with Crippen molar-refractivity contribution in [1.82, 2.24) is 24.8 Å². The van der Waals surface area contributed by atoms with Crippen LogP contribution in [0.4, 0.5) is 4.39 Å². The molecule has 0 unspecified atom stereocenters. The summed E-state index contributed by atoms with van der Waals surface area (Å²) in [5.74, 6) is -0.944. The maximum Gasteiger partial charge on any atom is 0.275 e.